The standard InChI is InChI=1S/C12H15N3O3/c13-7-9-1-2-10(17-9)12-14-11(15-18-12)8-3-5-16-6-4-8/h1-2,8H,3-7,13H2. The first-order chi connectivity index (χ1) is 8.86. The number of furan rings is 1. The molecule has 3 heterocycles. The van der Waals surface area contributed by atoms with E-state index in [1.165, 1.54) is 0 Å². The maximum atomic E-state index is 5.49. The van der Waals surface area contributed by atoms with Gasteiger partial charge in [-0.25, -0.2) is 0 Å². The lowest BCUT2D eigenvalue weighted by atomic mass is 10.00. The lowest BCUT2D eigenvalue weighted by Crippen LogP contribution is -2.15. The van der Waals surface area contributed by atoms with Gasteiger partial charge in [-0.05, 0) is 25.0 Å². The summed E-state index contributed by atoms with van der Waals surface area (Å²) in [6.07, 6.45) is 1.87. The Hall–Kier alpha value is -1.66. The highest BCUT2D eigenvalue weighted by Crippen LogP contribution is 2.27. The van der Waals surface area contributed by atoms with Crippen molar-refractivity contribution in [2.45, 2.75) is 25.3 Å². The van der Waals surface area contributed by atoms with Gasteiger partial charge in [0, 0.05) is 19.1 Å². The van der Waals surface area contributed by atoms with Gasteiger partial charge >= 0.3 is 0 Å². The first kappa shape index (κ1) is 11.4. The number of hydrogen-bond acceptors (Lipinski definition) is 6. The van der Waals surface area contributed by atoms with E-state index >= 15 is 0 Å². The summed E-state index contributed by atoms with van der Waals surface area (Å²) in [6, 6.07) is 3.61. The summed E-state index contributed by atoms with van der Waals surface area (Å²) in [6.45, 7) is 1.88. The monoisotopic (exact) mass is 249 g/mol. The molecule has 3 rings (SSSR count). The molecule has 2 aromatic rings. The molecule has 0 unspecified atom stereocenters. The zero-order chi connectivity index (χ0) is 12.4. The summed E-state index contributed by atoms with van der Waals surface area (Å²) in [7, 11) is 0. The molecular weight excluding hydrogens is 234 g/mol. The Morgan fingerprint density at radius 3 is 2.83 bits per heavy atom. The number of nitrogens with zero attached hydrogens (tertiary/aromatic N) is 2. The molecule has 1 fully saturated rings. The predicted molar refractivity (Wildman–Crippen MR) is 62.7 cm³/mol. The van der Waals surface area contributed by atoms with Gasteiger partial charge in [-0.15, -0.1) is 0 Å². The Kier molecular flexibility index (Phi) is 3.12. The molecule has 6 heteroatoms. The van der Waals surface area contributed by atoms with Crippen LogP contribution in [0.1, 0.15) is 30.3 Å². The molecule has 1 aliphatic heterocycles. The lowest BCUT2D eigenvalue weighted by Gasteiger charge is -2.18. The SMILES string of the molecule is NCc1ccc(-c2nc(C3CCOCC3)no2)o1. The molecule has 0 radical (unpaired) electrons. The quantitative estimate of drug-likeness (QED) is 0.890. The average molecular weight is 249 g/mol. The minimum Gasteiger partial charge on any atom is -0.455 e. The predicted octanol–water partition coefficient (Wildman–Crippen LogP) is 1.68. The Morgan fingerprint density at radius 1 is 1.28 bits per heavy atom. The number of aromatic nitrogens is 2. The van der Waals surface area contributed by atoms with Crippen LogP contribution in [0.5, 0.6) is 0 Å². The Balaban J connectivity index is 1.79. The lowest BCUT2D eigenvalue weighted by molar-refractivity contribution is 0.0830. The van der Waals surface area contributed by atoms with E-state index < -0.39 is 0 Å². The van der Waals surface area contributed by atoms with Crippen LogP contribution >= 0.6 is 0 Å². The summed E-state index contributed by atoms with van der Waals surface area (Å²) in [4.78, 5) is 4.38. The van der Waals surface area contributed by atoms with Gasteiger partial charge in [-0.1, -0.05) is 5.16 Å². The second-order valence-corrected chi connectivity index (χ2v) is 4.31. The van der Waals surface area contributed by atoms with E-state index in [0.717, 1.165) is 31.9 Å². The van der Waals surface area contributed by atoms with Gasteiger partial charge in [0.25, 0.3) is 5.89 Å². The van der Waals surface area contributed by atoms with Gasteiger partial charge in [-0.2, -0.15) is 4.98 Å². The second-order valence-electron chi connectivity index (χ2n) is 4.31. The number of nitrogens with two attached hydrogens (primary N) is 1. The molecular formula is C12H15N3O3. The molecule has 1 saturated heterocycles. The summed E-state index contributed by atoms with van der Waals surface area (Å²) >= 11 is 0. The second kappa shape index (κ2) is 4.91. The molecule has 18 heavy (non-hydrogen) atoms. The first-order valence-electron chi connectivity index (χ1n) is 6.07. The van der Waals surface area contributed by atoms with Crippen molar-refractivity contribution in [1.29, 1.82) is 0 Å². The van der Waals surface area contributed by atoms with Crippen molar-refractivity contribution in [3.8, 4) is 11.7 Å². The maximum Gasteiger partial charge on any atom is 0.293 e. The van der Waals surface area contributed by atoms with E-state index in [1.54, 1.807) is 6.07 Å². The fourth-order valence-corrected chi connectivity index (χ4v) is 2.06. The van der Waals surface area contributed by atoms with Crippen molar-refractivity contribution in [2.24, 2.45) is 5.73 Å². The largest absolute Gasteiger partial charge is 0.455 e. The molecule has 96 valence electrons. The van der Waals surface area contributed by atoms with Crippen molar-refractivity contribution in [3.63, 3.8) is 0 Å². The van der Waals surface area contributed by atoms with E-state index in [1.807, 2.05) is 6.07 Å². The van der Waals surface area contributed by atoms with Crippen molar-refractivity contribution < 1.29 is 13.7 Å². The Labute approximate surface area is 104 Å². The molecule has 0 atom stereocenters. The third kappa shape index (κ3) is 2.16. The van der Waals surface area contributed by atoms with Crippen LogP contribution in [0.25, 0.3) is 11.7 Å². The maximum absolute atomic E-state index is 5.49. The van der Waals surface area contributed by atoms with Gasteiger partial charge in [0.1, 0.15) is 5.76 Å². The smallest absolute Gasteiger partial charge is 0.293 e. The molecule has 0 saturated carbocycles. The minimum absolute atomic E-state index is 0.320. The van der Waals surface area contributed by atoms with Crippen LogP contribution < -0.4 is 5.73 Å². The molecule has 2 aromatic heterocycles. The van der Waals surface area contributed by atoms with Crippen LogP contribution in [0.3, 0.4) is 0 Å². The van der Waals surface area contributed by atoms with Crippen molar-refractivity contribution in [2.75, 3.05) is 13.2 Å². The molecule has 0 amide bonds. The molecule has 0 aromatic carbocycles. The summed E-state index contributed by atoms with van der Waals surface area (Å²) in [5.74, 6) is 2.74. The molecule has 6 nitrogen and oxygen atoms in total. The normalized spacial score (nSPS) is 17.2. The van der Waals surface area contributed by atoms with Crippen LogP contribution in [0.4, 0.5) is 0 Å². The molecule has 0 aliphatic carbocycles. The topological polar surface area (TPSA) is 87.3 Å². The number of hydrogen-bond donors (Lipinski definition) is 1. The van der Waals surface area contributed by atoms with Gasteiger partial charge < -0.3 is 19.4 Å². The Morgan fingerprint density at radius 2 is 2.11 bits per heavy atom. The van der Waals surface area contributed by atoms with E-state index in [4.69, 9.17) is 19.4 Å². The van der Waals surface area contributed by atoms with Crippen molar-refractivity contribution in [3.05, 3.63) is 23.7 Å². The highest BCUT2D eigenvalue weighted by atomic mass is 16.5. The van der Waals surface area contributed by atoms with Crippen molar-refractivity contribution in [1.82, 2.24) is 10.1 Å². The van der Waals surface area contributed by atoms with Crippen molar-refractivity contribution >= 4 is 0 Å². The van der Waals surface area contributed by atoms with Crippen LogP contribution in [0.15, 0.2) is 21.1 Å². The fraction of sp³-hybridized carbons (Fsp3) is 0.500. The summed E-state index contributed by atoms with van der Waals surface area (Å²) in [5, 5.41) is 4.02. The van der Waals surface area contributed by atoms with Crippen LogP contribution in [-0.4, -0.2) is 23.4 Å². The first-order valence-corrected chi connectivity index (χ1v) is 6.07. The fourth-order valence-electron chi connectivity index (χ4n) is 2.06. The van der Waals surface area contributed by atoms with Gasteiger partial charge in [0.15, 0.2) is 11.6 Å². The average Bonchev–Trinajstić information content (AvgIpc) is 3.08. The zero-order valence-electron chi connectivity index (χ0n) is 9.96. The Bertz CT molecular complexity index is 514. The molecule has 0 spiro atoms. The zero-order valence-corrected chi connectivity index (χ0v) is 9.96. The number of ether oxygens (including phenoxy) is 1. The third-order valence-electron chi connectivity index (χ3n) is 3.10. The van der Waals surface area contributed by atoms with E-state index in [-0.39, 0.29) is 0 Å². The summed E-state index contributed by atoms with van der Waals surface area (Å²) < 4.78 is 16.0. The minimum atomic E-state index is 0.320. The van der Waals surface area contributed by atoms with E-state index in [9.17, 15) is 0 Å². The van der Waals surface area contributed by atoms with Crippen LogP contribution in [0, 0.1) is 0 Å². The summed E-state index contributed by atoms with van der Waals surface area (Å²) in [5.41, 5.74) is 5.49. The van der Waals surface area contributed by atoms with Gasteiger partial charge in [0.2, 0.25) is 0 Å². The molecule has 2 N–H and O–H groups in total. The van der Waals surface area contributed by atoms with E-state index in [0.29, 0.717) is 29.9 Å². The molecule has 1 aliphatic rings. The van der Waals surface area contributed by atoms with Gasteiger partial charge in [-0.3, -0.25) is 0 Å². The van der Waals surface area contributed by atoms with E-state index in [2.05, 4.69) is 10.1 Å². The highest BCUT2D eigenvalue weighted by molar-refractivity contribution is 5.44. The number of rotatable bonds is 3. The molecule has 0 bridgehead atoms. The third-order valence-corrected chi connectivity index (χ3v) is 3.10. The van der Waals surface area contributed by atoms with Gasteiger partial charge in [0.05, 0.1) is 6.54 Å². The van der Waals surface area contributed by atoms with Crippen LogP contribution in [-0.2, 0) is 11.3 Å². The highest BCUT2D eigenvalue weighted by Gasteiger charge is 2.22. The van der Waals surface area contributed by atoms with Crippen LogP contribution in [0.2, 0.25) is 0 Å².